The second-order valence-electron chi connectivity index (χ2n) is 16.9. The Morgan fingerprint density at radius 3 is 1.49 bits per heavy atom. The van der Waals surface area contributed by atoms with Crippen molar-refractivity contribution < 1.29 is 28.7 Å². The Labute approximate surface area is 379 Å². The maximum absolute atomic E-state index is 12.5. The summed E-state index contributed by atoms with van der Waals surface area (Å²) in [6.45, 7) is 9.94. The smallest absolute Gasteiger partial charge is 0.410 e. The van der Waals surface area contributed by atoms with Crippen LogP contribution in [0.1, 0.15) is 79.9 Å². The first-order valence-electron chi connectivity index (χ1n) is 22.7. The Morgan fingerprint density at radius 2 is 1.08 bits per heavy atom. The zero-order valence-corrected chi connectivity index (χ0v) is 38.1. The molecule has 4 fully saturated rings. The molecule has 2 saturated heterocycles. The van der Waals surface area contributed by atoms with Crippen LogP contribution in [0.25, 0.3) is 0 Å². The van der Waals surface area contributed by atoms with Crippen molar-refractivity contribution in [1.82, 2.24) is 29.6 Å². The molecule has 2 saturated carbocycles. The molecular formula is C47H62N8O6S2. The quantitative estimate of drug-likeness (QED) is 0.142. The van der Waals surface area contributed by atoms with Gasteiger partial charge in [0.15, 0.2) is 0 Å². The topological polar surface area (TPSA) is 150 Å². The molecule has 0 bridgehead atoms. The minimum absolute atomic E-state index is 0.0946. The Balaban J connectivity index is 0.000000189. The van der Waals surface area contributed by atoms with Crippen LogP contribution in [0, 0.1) is 18.8 Å². The van der Waals surface area contributed by atoms with Crippen molar-refractivity contribution in [2.75, 3.05) is 76.1 Å². The van der Waals surface area contributed by atoms with Crippen molar-refractivity contribution in [1.29, 1.82) is 0 Å². The van der Waals surface area contributed by atoms with Crippen LogP contribution in [0.5, 0.6) is 11.5 Å². The second kappa shape index (κ2) is 23.7. The first-order chi connectivity index (χ1) is 30.7. The van der Waals surface area contributed by atoms with Gasteiger partial charge in [-0.25, -0.2) is 19.6 Å². The van der Waals surface area contributed by atoms with Gasteiger partial charge in [0.25, 0.3) is 0 Å². The van der Waals surface area contributed by atoms with E-state index in [-0.39, 0.29) is 35.8 Å². The Bertz CT molecular complexity index is 2040. The van der Waals surface area contributed by atoms with Crippen LogP contribution in [-0.4, -0.2) is 119 Å². The molecule has 2 aromatic heterocycles. The molecule has 2 aliphatic heterocycles. The van der Waals surface area contributed by atoms with Gasteiger partial charge >= 0.3 is 12.2 Å². The lowest BCUT2D eigenvalue weighted by molar-refractivity contribution is -0.121. The number of hydrogen-bond acceptors (Lipinski definition) is 12. The van der Waals surface area contributed by atoms with Crippen LogP contribution in [0.4, 0.5) is 21.0 Å². The van der Waals surface area contributed by atoms with E-state index in [0.29, 0.717) is 37.7 Å². The molecular weight excluding hydrogens is 837 g/mol. The summed E-state index contributed by atoms with van der Waals surface area (Å²) >= 11 is 3.37. The number of carbonyl (C=O) groups is 4. The molecule has 0 atom stereocenters. The zero-order chi connectivity index (χ0) is 43.8. The Hall–Kier alpha value is -4.90. The molecule has 4 amide bonds. The summed E-state index contributed by atoms with van der Waals surface area (Å²) in [4.78, 5) is 66.8. The number of rotatable bonds is 12. The van der Waals surface area contributed by atoms with Gasteiger partial charge in [-0.1, -0.05) is 38.5 Å². The molecule has 0 unspecified atom stereocenters. The van der Waals surface area contributed by atoms with Gasteiger partial charge in [0, 0.05) is 118 Å². The van der Waals surface area contributed by atoms with Crippen molar-refractivity contribution in [3.05, 3.63) is 81.2 Å². The van der Waals surface area contributed by atoms with E-state index in [0.717, 1.165) is 131 Å². The molecule has 2 aromatic carbocycles. The summed E-state index contributed by atoms with van der Waals surface area (Å²) in [6, 6.07) is 14.1. The maximum atomic E-state index is 12.5. The standard InChI is InChI=1S/C24H32N4O3S.C23H30N4O3S/c1-18-25-21(17-32-18)11-12-27-13-15-28(16-14-27)24(30)31-22-9-7-20(8-10-22)26-23(29)19-5-3-2-4-6-19;28-22(18-4-2-1-3-5-18)25-19-6-8-20(9-7-19)30-23(29)27-15-13-26(14-16-27)12-10-21-24-11-17-31-21/h7-10,17,19H,2-6,11-16H2,1H3,(H,26,29);6-9,11,17-18H,1-5,10,12-16H2,(H,25,28). The van der Waals surface area contributed by atoms with Gasteiger partial charge in [-0.3, -0.25) is 19.4 Å². The van der Waals surface area contributed by atoms with Crippen LogP contribution < -0.4 is 20.1 Å². The minimum Gasteiger partial charge on any atom is -0.410 e. The number of ether oxygens (including phenoxy) is 2. The predicted octanol–water partition coefficient (Wildman–Crippen LogP) is 8.35. The largest absolute Gasteiger partial charge is 0.415 e. The number of anilines is 2. The number of carbonyl (C=O) groups excluding carboxylic acids is 4. The second-order valence-corrected chi connectivity index (χ2v) is 18.9. The van der Waals surface area contributed by atoms with Crippen LogP contribution >= 0.6 is 22.7 Å². The number of nitrogens with one attached hydrogen (secondary N) is 2. The maximum Gasteiger partial charge on any atom is 0.415 e. The number of amides is 4. The molecule has 2 N–H and O–H groups in total. The molecule has 16 heteroatoms. The van der Waals surface area contributed by atoms with Crippen molar-refractivity contribution in [3.8, 4) is 11.5 Å². The van der Waals surface area contributed by atoms with Gasteiger partial charge in [-0.15, -0.1) is 22.7 Å². The first kappa shape index (κ1) is 46.1. The van der Waals surface area contributed by atoms with E-state index in [2.05, 4.69) is 35.8 Å². The van der Waals surface area contributed by atoms with Gasteiger partial charge in [0.1, 0.15) is 11.5 Å². The number of aromatic nitrogens is 2. The van der Waals surface area contributed by atoms with Gasteiger partial charge in [0.2, 0.25) is 11.8 Å². The molecule has 14 nitrogen and oxygen atoms in total. The molecule has 4 aliphatic rings. The average molecular weight is 899 g/mol. The number of nitrogens with zero attached hydrogens (tertiary/aromatic N) is 6. The SMILES string of the molecule is Cc1nc(CCN2CCN(C(=O)Oc3ccc(NC(=O)C4CCCCC4)cc3)CC2)cs1.O=C(Nc1ccc(OC(=O)N2CCN(CCc3nccs3)CC2)cc1)C1CCCCC1. The molecule has 0 radical (unpaired) electrons. The predicted molar refractivity (Wildman–Crippen MR) is 248 cm³/mol. The fourth-order valence-electron chi connectivity index (χ4n) is 8.50. The van der Waals surface area contributed by atoms with E-state index in [4.69, 9.17) is 9.47 Å². The van der Waals surface area contributed by atoms with Crippen LogP contribution in [0.15, 0.2) is 65.5 Å². The third-order valence-corrected chi connectivity index (χ3v) is 14.0. The lowest BCUT2D eigenvalue weighted by atomic mass is 9.88. The fraction of sp³-hybridized carbons (Fsp3) is 0.532. The van der Waals surface area contributed by atoms with Crippen LogP contribution in [0.2, 0.25) is 0 Å². The van der Waals surface area contributed by atoms with E-state index in [1.807, 2.05) is 18.5 Å². The highest BCUT2D eigenvalue weighted by Gasteiger charge is 2.26. The van der Waals surface area contributed by atoms with Crippen LogP contribution in [0.3, 0.4) is 0 Å². The molecule has 4 heterocycles. The molecule has 338 valence electrons. The average Bonchev–Trinajstić information content (AvgIpc) is 4.01. The molecule has 0 spiro atoms. The molecule has 2 aliphatic carbocycles. The lowest BCUT2D eigenvalue weighted by Gasteiger charge is -2.33. The summed E-state index contributed by atoms with van der Waals surface area (Å²) in [6.07, 6.45) is 14.0. The fourth-order valence-corrected chi connectivity index (χ4v) is 9.75. The van der Waals surface area contributed by atoms with E-state index in [1.54, 1.807) is 81.0 Å². The van der Waals surface area contributed by atoms with Crippen LogP contribution in [-0.2, 0) is 22.4 Å². The van der Waals surface area contributed by atoms with E-state index in [1.165, 1.54) is 12.8 Å². The molecule has 8 rings (SSSR count). The van der Waals surface area contributed by atoms with Crippen molar-refractivity contribution in [2.24, 2.45) is 11.8 Å². The highest BCUT2D eigenvalue weighted by Crippen LogP contribution is 2.27. The zero-order valence-electron chi connectivity index (χ0n) is 36.5. The Kier molecular flexibility index (Phi) is 17.3. The summed E-state index contributed by atoms with van der Waals surface area (Å²) in [5.41, 5.74) is 2.63. The Morgan fingerprint density at radius 1 is 0.619 bits per heavy atom. The van der Waals surface area contributed by atoms with Crippen molar-refractivity contribution in [2.45, 2.75) is 84.0 Å². The van der Waals surface area contributed by atoms with Gasteiger partial charge in [-0.2, -0.15) is 0 Å². The van der Waals surface area contributed by atoms with E-state index in [9.17, 15) is 19.2 Å². The highest BCUT2D eigenvalue weighted by atomic mass is 32.1. The minimum atomic E-state index is -0.321. The third-order valence-electron chi connectivity index (χ3n) is 12.3. The normalized spacial score (nSPS) is 17.9. The molecule has 4 aromatic rings. The lowest BCUT2D eigenvalue weighted by Crippen LogP contribution is -2.49. The first-order valence-corrected chi connectivity index (χ1v) is 24.5. The summed E-state index contributed by atoms with van der Waals surface area (Å²) in [7, 11) is 0. The summed E-state index contributed by atoms with van der Waals surface area (Å²) in [5, 5.41) is 12.3. The van der Waals surface area contributed by atoms with Crippen molar-refractivity contribution in [3.63, 3.8) is 0 Å². The highest BCUT2D eigenvalue weighted by molar-refractivity contribution is 7.09. The van der Waals surface area contributed by atoms with E-state index >= 15 is 0 Å². The van der Waals surface area contributed by atoms with E-state index < -0.39 is 0 Å². The number of aryl methyl sites for hydroxylation is 1. The van der Waals surface area contributed by atoms with Gasteiger partial charge < -0.3 is 29.9 Å². The number of benzene rings is 2. The summed E-state index contributed by atoms with van der Waals surface area (Å²) in [5.74, 6) is 1.41. The number of thiazole rings is 2. The third kappa shape index (κ3) is 14.6. The van der Waals surface area contributed by atoms with Gasteiger partial charge in [-0.05, 0) is 81.1 Å². The number of piperazine rings is 2. The van der Waals surface area contributed by atoms with Gasteiger partial charge in [0.05, 0.1) is 15.7 Å². The van der Waals surface area contributed by atoms with Crippen molar-refractivity contribution >= 4 is 58.0 Å². The number of hydrogen-bond donors (Lipinski definition) is 2. The monoisotopic (exact) mass is 898 g/mol. The molecule has 63 heavy (non-hydrogen) atoms. The summed E-state index contributed by atoms with van der Waals surface area (Å²) < 4.78 is 11.1.